The predicted molar refractivity (Wildman–Crippen MR) is 86.0 cm³/mol. The van der Waals surface area contributed by atoms with Gasteiger partial charge in [0.05, 0.1) is 0 Å². The number of piperazine rings is 1. The van der Waals surface area contributed by atoms with Crippen LogP contribution in [0.4, 0.5) is 0 Å². The Hall–Kier alpha value is -0.0800. The van der Waals surface area contributed by atoms with Crippen LogP contribution in [0.25, 0.3) is 0 Å². The summed E-state index contributed by atoms with van der Waals surface area (Å²) < 4.78 is 0. The summed E-state index contributed by atoms with van der Waals surface area (Å²) in [6.45, 7) is 7.39. The van der Waals surface area contributed by atoms with E-state index >= 15 is 0 Å². The zero-order chi connectivity index (χ0) is 14.0. The standard InChI is InChI=1S/C18H34N2/c1-18(2)14-19-17(15-9-5-3-6-10-15)13-20(18)16-11-7-4-8-12-16/h15-17,19H,3-14H2,1-2H3. The first-order chi connectivity index (χ1) is 9.67. The largest absolute Gasteiger partial charge is 0.311 e. The van der Waals surface area contributed by atoms with Gasteiger partial charge in [-0.3, -0.25) is 4.90 Å². The molecule has 0 radical (unpaired) electrons. The normalized spacial score (nSPS) is 34.2. The van der Waals surface area contributed by atoms with Crippen molar-refractivity contribution in [2.75, 3.05) is 13.1 Å². The van der Waals surface area contributed by atoms with Gasteiger partial charge in [-0.05, 0) is 45.4 Å². The van der Waals surface area contributed by atoms with Crippen molar-refractivity contribution in [3.05, 3.63) is 0 Å². The molecule has 1 N–H and O–H groups in total. The van der Waals surface area contributed by atoms with E-state index in [-0.39, 0.29) is 0 Å². The Balaban J connectivity index is 1.65. The van der Waals surface area contributed by atoms with Crippen LogP contribution in [-0.4, -0.2) is 35.6 Å². The topological polar surface area (TPSA) is 15.3 Å². The van der Waals surface area contributed by atoms with Crippen LogP contribution < -0.4 is 5.32 Å². The number of hydrogen-bond acceptors (Lipinski definition) is 2. The van der Waals surface area contributed by atoms with E-state index < -0.39 is 0 Å². The minimum atomic E-state index is 0.354. The Morgan fingerprint density at radius 3 is 2.10 bits per heavy atom. The number of nitrogens with one attached hydrogen (secondary N) is 1. The highest BCUT2D eigenvalue weighted by Crippen LogP contribution is 2.34. The first-order valence-corrected chi connectivity index (χ1v) is 9.17. The molecule has 116 valence electrons. The van der Waals surface area contributed by atoms with Gasteiger partial charge in [-0.1, -0.05) is 38.5 Å². The van der Waals surface area contributed by atoms with E-state index in [1.807, 2.05) is 0 Å². The lowest BCUT2D eigenvalue weighted by molar-refractivity contribution is -0.00362. The number of nitrogens with zero attached hydrogens (tertiary/aromatic N) is 1. The van der Waals surface area contributed by atoms with Crippen molar-refractivity contribution in [3.8, 4) is 0 Å². The van der Waals surface area contributed by atoms with Crippen LogP contribution in [0.15, 0.2) is 0 Å². The average Bonchev–Trinajstić information content (AvgIpc) is 2.49. The summed E-state index contributed by atoms with van der Waals surface area (Å²) >= 11 is 0. The molecular weight excluding hydrogens is 244 g/mol. The van der Waals surface area contributed by atoms with E-state index in [1.54, 1.807) is 0 Å². The van der Waals surface area contributed by atoms with Gasteiger partial charge in [0, 0.05) is 30.7 Å². The van der Waals surface area contributed by atoms with Gasteiger partial charge in [-0.15, -0.1) is 0 Å². The van der Waals surface area contributed by atoms with Gasteiger partial charge in [-0.2, -0.15) is 0 Å². The molecular formula is C18H34N2. The summed E-state index contributed by atoms with van der Waals surface area (Å²) in [4.78, 5) is 2.89. The van der Waals surface area contributed by atoms with Crippen LogP contribution in [0.3, 0.4) is 0 Å². The number of hydrogen-bond donors (Lipinski definition) is 1. The maximum atomic E-state index is 3.91. The second-order valence-corrected chi connectivity index (χ2v) is 8.14. The van der Waals surface area contributed by atoms with Crippen LogP contribution in [0, 0.1) is 5.92 Å². The lowest BCUT2D eigenvalue weighted by Crippen LogP contribution is -2.66. The zero-order valence-electron chi connectivity index (χ0n) is 13.7. The second kappa shape index (κ2) is 6.36. The summed E-state index contributed by atoms with van der Waals surface area (Å²) in [5.41, 5.74) is 0.354. The minimum Gasteiger partial charge on any atom is -0.311 e. The third-order valence-electron chi connectivity index (χ3n) is 6.20. The zero-order valence-corrected chi connectivity index (χ0v) is 13.7. The van der Waals surface area contributed by atoms with Crippen molar-refractivity contribution in [1.29, 1.82) is 0 Å². The maximum Gasteiger partial charge on any atom is 0.0281 e. The fourth-order valence-electron chi connectivity index (χ4n) is 4.89. The Labute approximate surface area is 125 Å². The fourth-order valence-corrected chi connectivity index (χ4v) is 4.89. The minimum absolute atomic E-state index is 0.354. The smallest absolute Gasteiger partial charge is 0.0281 e. The van der Waals surface area contributed by atoms with Crippen LogP contribution in [0.1, 0.15) is 78.1 Å². The van der Waals surface area contributed by atoms with E-state index in [0.717, 1.165) is 18.0 Å². The highest BCUT2D eigenvalue weighted by atomic mass is 15.3. The third-order valence-corrected chi connectivity index (χ3v) is 6.20. The van der Waals surface area contributed by atoms with Crippen LogP contribution in [-0.2, 0) is 0 Å². The molecule has 2 aliphatic carbocycles. The molecule has 1 unspecified atom stereocenters. The van der Waals surface area contributed by atoms with Crippen LogP contribution >= 0.6 is 0 Å². The van der Waals surface area contributed by atoms with E-state index in [4.69, 9.17) is 0 Å². The fraction of sp³-hybridized carbons (Fsp3) is 1.00. The lowest BCUT2D eigenvalue weighted by Gasteiger charge is -2.52. The van der Waals surface area contributed by atoms with E-state index in [9.17, 15) is 0 Å². The molecule has 3 fully saturated rings. The van der Waals surface area contributed by atoms with E-state index in [2.05, 4.69) is 24.1 Å². The van der Waals surface area contributed by atoms with Crippen molar-refractivity contribution >= 4 is 0 Å². The van der Waals surface area contributed by atoms with Crippen molar-refractivity contribution in [3.63, 3.8) is 0 Å². The Morgan fingerprint density at radius 1 is 0.850 bits per heavy atom. The summed E-state index contributed by atoms with van der Waals surface area (Å²) in [6.07, 6.45) is 14.6. The van der Waals surface area contributed by atoms with Gasteiger partial charge in [-0.25, -0.2) is 0 Å². The first-order valence-electron chi connectivity index (χ1n) is 9.17. The SMILES string of the molecule is CC1(C)CNC(C2CCCCC2)CN1C1CCCCC1. The highest BCUT2D eigenvalue weighted by molar-refractivity contribution is 4.98. The van der Waals surface area contributed by atoms with Gasteiger partial charge < -0.3 is 5.32 Å². The second-order valence-electron chi connectivity index (χ2n) is 8.14. The van der Waals surface area contributed by atoms with Crippen LogP contribution in [0.5, 0.6) is 0 Å². The molecule has 2 nitrogen and oxygen atoms in total. The van der Waals surface area contributed by atoms with Crippen molar-refractivity contribution in [1.82, 2.24) is 10.2 Å². The quantitative estimate of drug-likeness (QED) is 0.822. The van der Waals surface area contributed by atoms with Gasteiger partial charge in [0.2, 0.25) is 0 Å². The predicted octanol–water partition coefficient (Wildman–Crippen LogP) is 3.95. The van der Waals surface area contributed by atoms with E-state index in [1.165, 1.54) is 77.3 Å². The highest BCUT2D eigenvalue weighted by Gasteiger charge is 2.40. The van der Waals surface area contributed by atoms with Crippen molar-refractivity contribution in [2.45, 2.75) is 95.7 Å². The summed E-state index contributed by atoms with van der Waals surface area (Å²) in [7, 11) is 0. The van der Waals surface area contributed by atoms with E-state index in [0.29, 0.717) is 5.54 Å². The molecule has 1 heterocycles. The monoisotopic (exact) mass is 278 g/mol. The summed E-state index contributed by atoms with van der Waals surface area (Å²) in [5.74, 6) is 0.950. The molecule has 2 saturated carbocycles. The van der Waals surface area contributed by atoms with Gasteiger partial charge >= 0.3 is 0 Å². The molecule has 0 aromatic carbocycles. The molecule has 0 spiro atoms. The van der Waals surface area contributed by atoms with Crippen LogP contribution in [0.2, 0.25) is 0 Å². The Morgan fingerprint density at radius 2 is 1.45 bits per heavy atom. The molecule has 2 heteroatoms. The Bertz CT molecular complexity index is 301. The third kappa shape index (κ3) is 3.22. The molecule has 0 aromatic heterocycles. The van der Waals surface area contributed by atoms with Gasteiger partial charge in [0.15, 0.2) is 0 Å². The van der Waals surface area contributed by atoms with Crippen molar-refractivity contribution < 1.29 is 0 Å². The number of rotatable bonds is 2. The first kappa shape index (κ1) is 14.8. The molecule has 0 bridgehead atoms. The molecule has 20 heavy (non-hydrogen) atoms. The molecule has 1 aliphatic heterocycles. The Kier molecular flexibility index (Phi) is 4.72. The average molecular weight is 278 g/mol. The molecule has 0 amide bonds. The molecule has 0 aromatic rings. The maximum absolute atomic E-state index is 3.91. The lowest BCUT2D eigenvalue weighted by atomic mass is 9.80. The summed E-state index contributed by atoms with van der Waals surface area (Å²) in [5, 5.41) is 3.91. The molecule has 1 atom stereocenters. The summed E-state index contributed by atoms with van der Waals surface area (Å²) in [6, 6.07) is 1.64. The van der Waals surface area contributed by atoms with Gasteiger partial charge in [0.1, 0.15) is 0 Å². The van der Waals surface area contributed by atoms with Gasteiger partial charge in [0.25, 0.3) is 0 Å². The molecule has 3 aliphatic rings. The molecule has 3 rings (SSSR count). The van der Waals surface area contributed by atoms with Crippen molar-refractivity contribution in [2.24, 2.45) is 5.92 Å². The molecule has 1 saturated heterocycles.